The van der Waals surface area contributed by atoms with Crippen LogP contribution in [-0.4, -0.2) is 198 Å². The van der Waals surface area contributed by atoms with Crippen LogP contribution in [0.5, 0.6) is 0 Å². The number of carboxylic acid groups (broad SMARTS) is 1. The van der Waals surface area contributed by atoms with E-state index in [2.05, 4.69) is 69.1 Å². The number of carbonyl (C=O) groups is 15. The Balaban J connectivity index is 6.37. The number of hydrogen-bond acceptors (Lipinski definition) is 19. The van der Waals surface area contributed by atoms with E-state index in [1.807, 2.05) is 20.8 Å². The Morgan fingerprint density at radius 2 is 0.548 bits per heavy atom. The molecule has 0 bridgehead atoms. The lowest BCUT2D eigenvalue weighted by atomic mass is 9.96. The molecule has 34 nitrogen and oxygen atoms in total. The average Bonchev–Trinajstić information content (AvgIpc) is 0.858. The fraction of sp³-hybridized carbons (Fsp3) is 0.786. The van der Waals surface area contributed by atoms with Crippen LogP contribution >= 0.6 is 0 Å². The molecule has 14 amide bonds. The summed E-state index contributed by atoms with van der Waals surface area (Å²) in [4.78, 5) is 204. The van der Waals surface area contributed by atoms with Crippen molar-refractivity contribution in [3.63, 3.8) is 0 Å². The third-order valence-electron chi connectivity index (χ3n) is 17.5. The minimum Gasteiger partial charge on any atom is -0.480 e. The molecule has 16 atom stereocenters. The summed E-state index contributed by atoms with van der Waals surface area (Å²) in [5.41, 5.74) is 28.8. The Hall–Kier alpha value is -8.11. The predicted molar refractivity (Wildman–Crippen MR) is 393 cm³/mol. The van der Waals surface area contributed by atoms with E-state index in [0.29, 0.717) is 51.4 Å². The van der Waals surface area contributed by atoms with Gasteiger partial charge in [0, 0.05) is 0 Å². The van der Waals surface area contributed by atoms with Crippen LogP contribution in [0.15, 0.2) is 0 Å². The van der Waals surface area contributed by atoms with Gasteiger partial charge < -0.3 is 103 Å². The van der Waals surface area contributed by atoms with E-state index in [1.54, 1.807) is 62.3 Å². The summed E-state index contributed by atoms with van der Waals surface area (Å²) in [6.07, 6.45) is 3.38. The molecule has 0 aliphatic rings. The first-order chi connectivity index (χ1) is 48.6. The second kappa shape index (κ2) is 50.4. The van der Waals surface area contributed by atoms with Gasteiger partial charge in [0.2, 0.25) is 82.7 Å². The molecule has 0 unspecified atom stereocenters. The van der Waals surface area contributed by atoms with Crippen molar-refractivity contribution in [3.8, 4) is 0 Å². The highest BCUT2D eigenvalue weighted by Crippen LogP contribution is 2.16. The van der Waals surface area contributed by atoms with Crippen molar-refractivity contribution in [2.75, 3.05) is 19.6 Å². The van der Waals surface area contributed by atoms with Crippen molar-refractivity contribution in [2.24, 2.45) is 64.2 Å². The molecule has 0 radical (unpaired) electrons. The lowest BCUT2D eigenvalue weighted by Gasteiger charge is -2.29. The SMILES string of the molecule is CC[C@H](C)[C@H](N)C(=O)N[C@@H](CC(N)=O)C(=O)N[C@@H](CC(C)C)C(=O)N[C@@H](CCCCN)C(=O)N[C@@H](C)C(=O)N[C@@H](CC(C)C)C(=O)N[C@@H](C)C(=O)N[C@@H](C)C(=O)N[C@@H](CC(C)C)C(=O)N[C@@H](C)C(=O)N[C@@H](CCCCN)C(=O)N[C@@H](CCCCN)C(=O)N[C@H](C(=O)N[C@@H](CC(C)C)C(=O)O)[C@@H](C)CC. The molecule has 0 aromatic rings. The van der Waals surface area contributed by atoms with Crippen molar-refractivity contribution in [3.05, 3.63) is 0 Å². The summed E-state index contributed by atoms with van der Waals surface area (Å²) in [5.74, 6) is -13.8. The molecule has 34 heteroatoms. The number of primary amides is 1. The van der Waals surface area contributed by atoms with Gasteiger partial charge in [-0.2, -0.15) is 0 Å². The van der Waals surface area contributed by atoms with Gasteiger partial charge >= 0.3 is 5.97 Å². The van der Waals surface area contributed by atoms with E-state index in [4.69, 9.17) is 28.7 Å². The van der Waals surface area contributed by atoms with Gasteiger partial charge in [0.05, 0.1) is 12.5 Å². The normalized spacial score (nSPS) is 16.0. The summed E-state index contributed by atoms with van der Waals surface area (Å²) in [5, 5.41) is 43.7. The standard InChI is InChI=1S/C70H130N18O16/c1-17-40(11)55(75)68(101)86-52(35-54(74)89)67(100)85-51(33-38(7)8)66(99)82-46(25-19-22-28-71)61(94)77-45(16)60(93)84-49(31-36(3)4)64(97)78-42(13)57(90)76-43(14)59(92)83-50(32-37(5)6)65(98)79-44(15)58(91)80-47(26-20-23-29-72)62(95)81-48(27-21-24-30-73)63(96)88-56(41(12)18-2)69(102)87-53(70(103)104)34-39(9)10/h36-53,55-56H,17-35,71-73,75H2,1-16H3,(H2,74,89)(H,76,90)(H,77,94)(H,78,97)(H,79,98)(H,80,91)(H,81,95)(H,82,99)(H,83,92)(H,84,93)(H,85,100)(H,86,101)(H,87,102)(H,88,96)(H,103,104)/t40-,41-,42-,43-,44-,45-,46-,47-,48-,49-,50-,51-,52-,53-,55-,56-/m0/s1. The maximum atomic E-state index is 14.2. The van der Waals surface area contributed by atoms with Gasteiger partial charge in [0.15, 0.2) is 0 Å². The van der Waals surface area contributed by atoms with Gasteiger partial charge in [-0.15, -0.1) is 0 Å². The molecule has 0 spiro atoms. The first-order valence-electron chi connectivity index (χ1n) is 36.9. The largest absolute Gasteiger partial charge is 0.480 e. The predicted octanol–water partition coefficient (Wildman–Crippen LogP) is -1.68. The van der Waals surface area contributed by atoms with Gasteiger partial charge in [-0.25, -0.2) is 4.79 Å². The number of carboxylic acids is 1. The maximum absolute atomic E-state index is 14.2. The zero-order valence-corrected chi connectivity index (χ0v) is 64.4. The van der Waals surface area contributed by atoms with Gasteiger partial charge in [-0.1, -0.05) is 95.9 Å². The molecule has 0 aromatic carbocycles. The number of hydrogen-bond donors (Lipinski definition) is 19. The van der Waals surface area contributed by atoms with Crippen molar-refractivity contribution >= 4 is 88.7 Å². The highest BCUT2D eigenvalue weighted by atomic mass is 16.4. The first-order valence-corrected chi connectivity index (χ1v) is 36.9. The molecule has 0 saturated carbocycles. The molecule has 0 saturated heterocycles. The molecular weight excluding hydrogens is 1350 g/mol. The summed E-state index contributed by atoms with van der Waals surface area (Å²) in [6, 6.07) is -17.7. The van der Waals surface area contributed by atoms with Crippen LogP contribution in [0.25, 0.3) is 0 Å². The topological polar surface area (TPSA) is 563 Å². The van der Waals surface area contributed by atoms with Crippen molar-refractivity contribution < 1.29 is 77.0 Å². The monoisotopic (exact) mass is 1480 g/mol. The number of unbranched alkanes of at least 4 members (excludes halogenated alkanes) is 3. The van der Waals surface area contributed by atoms with E-state index in [1.165, 1.54) is 27.7 Å². The molecule has 0 aliphatic carbocycles. The van der Waals surface area contributed by atoms with Crippen molar-refractivity contribution in [1.82, 2.24) is 69.1 Å². The Morgan fingerprint density at radius 3 is 0.875 bits per heavy atom. The van der Waals surface area contributed by atoms with Crippen molar-refractivity contribution in [1.29, 1.82) is 0 Å². The number of carbonyl (C=O) groups excluding carboxylic acids is 14. The lowest BCUT2D eigenvalue weighted by Crippen LogP contribution is -2.60. The third kappa shape index (κ3) is 37.5. The Labute approximate surface area is 614 Å². The Morgan fingerprint density at radius 1 is 0.298 bits per heavy atom. The van der Waals surface area contributed by atoms with Crippen LogP contribution in [0.4, 0.5) is 0 Å². The van der Waals surface area contributed by atoms with E-state index in [9.17, 15) is 77.0 Å². The first kappa shape index (κ1) is 95.9. The average molecular weight is 1480 g/mol. The number of aliphatic carboxylic acids is 1. The van der Waals surface area contributed by atoms with Gasteiger partial charge in [-0.3, -0.25) is 67.1 Å². The zero-order valence-electron chi connectivity index (χ0n) is 64.4. The Bertz CT molecular complexity index is 2790. The van der Waals surface area contributed by atoms with E-state index in [0.717, 1.165) is 0 Å². The van der Waals surface area contributed by atoms with E-state index in [-0.39, 0.29) is 94.2 Å². The second-order valence-electron chi connectivity index (χ2n) is 29.1. The van der Waals surface area contributed by atoms with Crippen LogP contribution in [-0.2, 0) is 71.9 Å². The highest BCUT2D eigenvalue weighted by Gasteiger charge is 2.38. The third-order valence-corrected chi connectivity index (χ3v) is 17.5. The molecule has 0 aliphatic heterocycles. The fourth-order valence-corrected chi connectivity index (χ4v) is 10.7. The van der Waals surface area contributed by atoms with Crippen LogP contribution in [0.1, 0.15) is 214 Å². The van der Waals surface area contributed by atoms with Gasteiger partial charge in [0.25, 0.3) is 0 Å². The Kier molecular flexibility index (Phi) is 46.4. The summed E-state index contributed by atoms with van der Waals surface area (Å²) >= 11 is 0. The highest BCUT2D eigenvalue weighted by molar-refractivity contribution is 6.00. The zero-order chi connectivity index (χ0) is 79.8. The molecule has 104 heavy (non-hydrogen) atoms. The van der Waals surface area contributed by atoms with Gasteiger partial charge in [-0.05, 0) is 166 Å². The van der Waals surface area contributed by atoms with E-state index >= 15 is 0 Å². The van der Waals surface area contributed by atoms with Crippen molar-refractivity contribution in [2.45, 2.75) is 298 Å². The molecule has 0 fully saturated rings. The maximum Gasteiger partial charge on any atom is 0.326 e. The van der Waals surface area contributed by atoms with Crippen LogP contribution in [0.3, 0.4) is 0 Å². The quantitative estimate of drug-likeness (QED) is 0.0302. The molecule has 0 heterocycles. The number of amides is 14. The smallest absolute Gasteiger partial charge is 0.326 e. The lowest BCUT2D eigenvalue weighted by molar-refractivity contribution is -0.143. The summed E-state index contributed by atoms with van der Waals surface area (Å²) in [6.45, 7) is 27.6. The number of nitrogens with two attached hydrogens (primary N) is 5. The fourth-order valence-electron chi connectivity index (χ4n) is 10.7. The van der Waals surface area contributed by atoms with E-state index < -0.39 is 186 Å². The molecule has 24 N–H and O–H groups in total. The van der Waals surface area contributed by atoms with Crippen LogP contribution in [0.2, 0.25) is 0 Å². The molecule has 0 rings (SSSR count). The molecular formula is C70H130N18O16. The molecule has 596 valence electrons. The number of nitrogens with one attached hydrogen (secondary N) is 13. The minimum absolute atomic E-state index is 0.0471. The number of rotatable bonds is 53. The summed E-state index contributed by atoms with van der Waals surface area (Å²) in [7, 11) is 0. The van der Waals surface area contributed by atoms with Crippen LogP contribution in [0, 0.1) is 35.5 Å². The summed E-state index contributed by atoms with van der Waals surface area (Å²) < 4.78 is 0. The van der Waals surface area contributed by atoms with Gasteiger partial charge in [0.1, 0.15) is 78.5 Å². The minimum atomic E-state index is -1.49. The molecule has 0 aromatic heterocycles. The van der Waals surface area contributed by atoms with Crippen LogP contribution < -0.4 is 97.8 Å². The second-order valence-corrected chi connectivity index (χ2v) is 29.1.